The van der Waals surface area contributed by atoms with E-state index in [0.29, 0.717) is 6.61 Å². The number of methoxy groups -OCH3 is 1. The van der Waals surface area contributed by atoms with Crippen LogP contribution in [0.15, 0.2) is 12.3 Å². The summed E-state index contributed by atoms with van der Waals surface area (Å²) < 4.78 is 4.97. The molecule has 0 aromatic carbocycles. The highest BCUT2D eigenvalue weighted by Crippen LogP contribution is 2.12. The fraction of sp³-hybridized carbons (Fsp3) is 0.750. The van der Waals surface area contributed by atoms with Crippen LogP contribution in [0, 0.1) is 0 Å². The van der Waals surface area contributed by atoms with Gasteiger partial charge in [0.15, 0.2) is 0 Å². The molecule has 1 aliphatic rings. The second-order valence-electron chi connectivity index (χ2n) is 2.69. The predicted octanol–water partition coefficient (Wildman–Crippen LogP) is 1.24. The summed E-state index contributed by atoms with van der Waals surface area (Å²) in [6.45, 7) is 6.95. The minimum Gasteiger partial charge on any atom is -0.379 e. The molecule has 2 heteroatoms. The molecule has 1 aliphatic heterocycles. The molecule has 0 spiro atoms. The second-order valence-corrected chi connectivity index (χ2v) is 2.69. The van der Waals surface area contributed by atoms with Crippen molar-refractivity contribution in [3.8, 4) is 0 Å². The minimum atomic E-state index is 0.681. The number of nitrogens with zero attached hydrogens (tertiary/aromatic N) is 1. The van der Waals surface area contributed by atoms with Gasteiger partial charge in [-0.2, -0.15) is 0 Å². The Morgan fingerprint density at radius 1 is 1.50 bits per heavy atom. The smallest absolute Gasteiger partial charge is 0.0854 e. The topological polar surface area (TPSA) is 12.5 Å². The molecular weight excluding hydrogens is 126 g/mol. The SMILES string of the molecule is C=C(COC)N1CCCC1. The molecule has 2 nitrogen and oxygen atoms in total. The molecule has 1 saturated heterocycles. The van der Waals surface area contributed by atoms with Gasteiger partial charge < -0.3 is 9.64 Å². The van der Waals surface area contributed by atoms with Gasteiger partial charge >= 0.3 is 0 Å². The molecule has 1 fully saturated rings. The quantitative estimate of drug-likeness (QED) is 0.586. The molecule has 0 radical (unpaired) electrons. The fourth-order valence-corrected chi connectivity index (χ4v) is 1.29. The molecule has 1 rings (SSSR count). The Morgan fingerprint density at radius 2 is 2.10 bits per heavy atom. The van der Waals surface area contributed by atoms with Gasteiger partial charge in [0.25, 0.3) is 0 Å². The summed E-state index contributed by atoms with van der Waals surface area (Å²) >= 11 is 0. The van der Waals surface area contributed by atoms with Crippen molar-refractivity contribution in [2.45, 2.75) is 12.8 Å². The average Bonchev–Trinajstić information content (AvgIpc) is 2.38. The molecule has 0 amide bonds. The van der Waals surface area contributed by atoms with Gasteiger partial charge in [0.05, 0.1) is 6.61 Å². The molecule has 0 N–H and O–H groups in total. The Labute approximate surface area is 62.5 Å². The van der Waals surface area contributed by atoms with Gasteiger partial charge in [-0.25, -0.2) is 0 Å². The van der Waals surface area contributed by atoms with Crippen molar-refractivity contribution in [3.63, 3.8) is 0 Å². The van der Waals surface area contributed by atoms with Crippen molar-refractivity contribution in [3.05, 3.63) is 12.3 Å². The molecular formula is C8H15NO. The Morgan fingerprint density at radius 3 is 2.60 bits per heavy atom. The number of likely N-dealkylation sites (tertiary alicyclic amines) is 1. The Kier molecular flexibility index (Phi) is 2.75. The van der Waals surface area contributed by atoms with Gasteiger partial charge in [-0.3, -0.25) is 0 Å². The van der Waals surface area contributed by atoms with Gasteiger partial charge in [-0.05, 0) is 12.8 Å². The van der Waals surface area contributed by atoms with Gasteiger partial charge in [-0.15, -0.1) is 0 Å². The lowest BCUT2D eigenvalue weighted by atomic mass is 10.4. The van der Waals surface area contributed by atoms with Gasteiger partial charge in [0.1, 0.15) is 0 Å². The number of hydrogen-bond donors (Lipinski definition) is 0. The first-order valence-electron chi connectivity index (χ1n) is 3.76. The summed E-state index contributed by atoms with van der Waals surface area (Å²) in [7, 11) is 1.71. The standard InChI is InChI=1S/C8H15NO/c1-8(7-10-2)9-5-3-4-6-9/h1,3-7H2,2H3. The number of hydrogen-bond acceptors (Lipinski definition) is 2. The molecule has 0 unspecified atom stereocenters. The van der Waals surface area contributed by atoms with E-state index in [1.165, 1.54) is 25.9 Å². The molecule has 0 aromatic rings. The van der Waals surface area contributed by atoms with E-state index in [-0.39, 0.29) is 0 Å². The highest BCUT2D eigenvalue weighted by atomic mass is 16.5. The van der Waals surface area contributed by atoms with Crippen LogP contribution in [0.1, 0.15) is 12.8 Å². The van der Waals surface area contributed by atoms with Crippen molar-refractivity contribution in [1.82, 2.24) is 4.90 Å². The molecule has 10 heavy (non-hydrogen) atoms. The third kappa shape index (κ3) is 1.74. The summed E-state index contributed by atoms with van der Waals surface area (Å²) in [5.41, 5.74) is 1.12. The summed E-state index contributed by atoms with van der Waals surface area (Å²) in [6.07, 6.45) is 2.62. The van der Waals surface area contributed by atoms with E-state index in [0.717, 1.165) is 5.70 Å². The number of ether oxygens (including phenoxy) is 1. The lowest BCUT2D eigenvalue weighted by molar-refractivity contribution is 0.197. The Balaban J connectivity index is 2.25. The molecule has 0 saturated carbocycles. The largest absolute Gasteiger partial charge is 0.379 e. The summed E-state index contributed by atoms with van der Waals surface area (Å²) in [6, 6.07) is 0. The Hall–Kier alpha value is -0.500. The number of rotatable bonds is 3. The molecule has 0 aromatic heterocycles. The van der Waals surface area contributed by atoms with E-state index < -0.39 is 0 Å². The van der Waals surface area contributed by atoms with Crippen molar-refractivity contribution in [2.24, 2.45) is 0 Å². The van der Waals surface area contributed by atoms with Crippen LogP contribution in [0.25, 0.3) is 0 Å². The first-order chi connectivity index (χ1) is 4.84. The molecule has 0 atom stereocenters. The van der Waals surface area contributed by atoms with Crippen LogP contribution in [0.4, 0.5) is 0 Å². The summed E-state index contributed by atoms with van der Waals surface area (Å²) in [4.78, 5) is 2.30. The van der Waals surface area contributed by atoms with E-state index in [9.17, 15) is 0 Å². The highest BCUT2D eigenvalue weighted by molar-refractivity contribution is 4.95. The van der Waals surface area contributed by atoms with Crippen molar-refractivity contribution in [2.75, 3.05) is 26.8 Å². The maximum absolute atomic E-state index is 4.97. The zero-order valence-corrected chi connectivity index (χ0v) is 6.60. The van der Waals surface area contributed by atoms with Crippen LogP contribution in [-0.4, -0.2) is 31.7 Å². The van der Waals surface area contributed by atoms with E-state index in [2.05, 4.69) is 11.5 Å². The Bertz CT molecular complexity index is 116. The zero-order chi connectivity index (χ0) is 7.40. The summed E-state index contributed by atoms with van der Waals surface area (Å²) in [5, 5.41) is 0. The maximum atomic E-state index is 4.97. The first kappa shape index (κ1) is 7.61. The third-order valence-corrected chi connectivity index (χ3v) is 1.86. The van der Waals surface area contributed by atoms with Crippen LogP contribution >= 0.6 is 0 Å². The van der Waals surface area contributed by atoms with Crippen LogP contribution in [-0.2, 0) is 4.74 Å². The molecule has 0 aliphatic carbocycles. The lowest BCUT2D eigenvalue weighted by Gasteiger charge is -2.18. The van der Waals surface area contributed by atoms with Gasteiger partial charge in [-0.1, -0.05) is 6.58 Å². The second kappa shape index (κ2) is 3.62. The van der Waals surface area contributed by atoms with E-state index in [1.54, 1.807) is 7.11 Å². The van der Waals surface area contributed by atoms with Crippen molar-refractivity contribution >= 4 is 0 Å². The highest BCUT2D eigenvalue weighted by Gasteiger charge is 2.11. The van der Waals surface area contributed by atoms with Gasteiger partial charge in [0, 0.05) is 25.9 Å². The molecule has 0 bridgehead atoms. The maximum Gasteiger partial charge on any atom is 0.0854 e. The van der Waals surface area contributed by atoms with Crippen LogP contribution in [0.2, 0.25) is 0 Å². The lowest BCUT2D eigenvalue weighted by Crippen LogP contribution is -2.20. The fourth-order valence-electron chi connectivity index (χ4n) is 1.29. The van der Waals surface area contributed by atoms with Crippen LogP contribution < -0.4 is 0 Å². The first-order valence-corrected chi connectivity index (χ1v) is 3.76. The van der Waals surface area contributed by atoms with Crippen molar-refractivity contribution in [1.29, 1.82) is 0 Å². The predicted molar refractivity (Wildman–Crippen MR) is 41.8 cm³/mol. The minimum absolute atomic E-state index is 0.681. The normalized spacial score (nSPS) is 17.9. The van der Waals surface area contributed by atoms with Crippen LogP contribution in [0.5, 0.6) is 0 Å². The zero-order valence-electron chi connectivity index (χ0n) is 6.60. The van der Waals surface area contributed by atoms with Gasteiger partial charge in [0.2, 0.25) is 0 Å². The summed E-state index contributed by atoms with van der Waals surface area (Å²) in [5.74, 6) is 0. The van der Waals surface area contributed by atoms with E-state index >= 15 is 0 Å². The monoisotopic (exact) mass is 141 g/mol. The molecule has 1 heterocycles. The van der Waals surface area contributed by atoms with E-state index in [4.69, 9.17) is 4.74 Å². The van der Waals surface area contributed by atoms with E-state index in [1.807, 2.05) is 0 Å². The van der Waals surface area contributed by atoms with Crippen LogP contribution in [0.3, 0.4) is 0 Å². The van der Waals surface area contributed by atoms with Crippen molar-refractivity contribution < 1.29 is 4.74 Å². The molecule has 58 valence electrons. The average molecular weight is 141 g/mol. The third-order valence-electron chi connectivity index (χ3n) is 1.86.